The van der Waals surface area contributed by atoms with E-state index in [0.717, 1.165) is 43.5 Å². The van der Waals surface area contributed by atoms with Crippen LogP contribution in [0.4, 0.5) is 5.69 Å². The third-order valence-electron chi connectivity index (χ3n) is 3.88. The lowest BCUT2D eigenvalue weighted by atomic mass is 10.1. The van der Waals surface area contributed by atoms with Crippen molar-refractivity contribution in [3.63, 3.8) is 0 Å². The fourth-order valence-corrected chi connectivity index (χ4v) is 2.49. The first-order chi connectivity index (χ1) is 10.8. The van der Waals surface area contributed by atoms with Gasteiger partial charge in [0.25, 0.3) is 5.91 Å². The molecule has 2 aromatic rings. The van der Waals surface area contributed by atoms with E-state index in [2.05, 4.69) is 34.9 Å². The average molecular weight is 294 g/mol. The van der Waals surface area contributed by atoms with Gasteiger partial charge in [-0.3, -0.25) is 4.79 Å². The number of carbonyl (C=O) groups is 1. The van der Waals surface area contributed by atoms with Gasteiger partial charge in [0.15, 0.2) is 0 Å². The van der Waals surface area contributed by atoms with Gasteiger partial charge >= 0.3 is 0 Å². The van der Waals surface area contributed by atoms with Crippen molar-refractivity contribution in [3.05, 3.63) is 65.7 Å². The molecular formula is C19H22N2O. The summed E-state index contributed by atoms with van der Waals surface area (Å²) < 4.78 is 0. The molecule has 3 heteroatoms. The zero-order chi connectivity index (χ0) is 15.2. The van der Waals surface area contributed by atoms with E-state index < -0.39 is 0 Å². The lowest BCUT2D eigenvalue weighted by Gasteiger charge is -2.12. The van der Waals surface area contributed by atoms with Crippen molar-refractivity contribution in [1.82, 2.24) is 5.32 Å². The zero-order valence-electron chi connectivity index (χ0n) is 12.7. The number of carbonyl (C=O) groups excluding carboxylic acids is 1. The molecule has 22 heavy (non-hydrogen) atoms. The van der Waals surface area contributed by atoms with Crippen LogP contribution < -0.4 is 10.6 Å². The fourth-order valence-electron chi connectivity index (χ4n) is 2.49. The second kappa shape index (κ2) is 7.12. The summed E-state index contributed by atoms with van der Waals surface area (Å²) in [6.07, 6.45) is 4.31. The highest BCUT2D eigenvalue weighted by atomic mass is 16.1. The van der Waals surface area contributed by atoms with Crippen LogP contribution in [0, 0.1) is 0 Å². The number of para-hydroxylation sites is 1. The summed E-state index contributed by atoms with van der Waals surface area (Å²) in [6, 6.07) is 18.6. The van der Waals surface area contributed by atoms with Crippen molar-refractivity contribution in [3.8, 4) is 0 Å². The summed E-state index contributed by atoms with van der Waals surface area (Å²) >= 11 is 0. The second-order valence-corrected chi connectivity index (χ2v) is 5.81. The van der Waals surface area contributed by atoms with Crippen molar-refractivity contribution < 1.29 is 4.79 Å². The lowest BCUT2D eigenvalue weighted by Crippen LogP contribution is -2.26. The van der Waals surface area contributed by atoms with E-state index in [-0.39, 0.29) is 5.91 Å². The number of hydrogen-bond acceptors (Lipinski definition) is 2. The van der Waals surface area contributed by atoms with Crippen LogP contribution in [0.5, 0.6) is 0 Å². The van der Waals surface area contributed by atoms with Gasteiger partial charge in [-0.25, -0.2) is 0 Å². The quantitative estimate of drug-likeness (QED) is 0.766. The average Bonchev–Trinajstić information content (AvgIpc) is 3.37. The van der Waals surface area contributed by atoms with Gasteiger partial charge in [-0.1, -0.05) is 42.5 Å². The van der Waals surface area contributed by atoms with E-state index in [0.29, 0.717) is 6.04 Å². The number of nitrogens with one attached hydrogen (secondary N) is 2. The molecule has 1 amide bonds. The monoisotopic (exact) mass is 294 g/mol. The van der Waals surface area contributed by atoms with Crippen LogP contribution in [0.1, 0.15) is 35.2 Å². The number of benzene rings is 2. The second-order valence-electron chi connectivity index (χ2n) is 5.81. The lowest BCUT2D eigenvalue weighted by molar-refractivity contribution is 0.0952. The van der Waals surface area contributed by atoms with Gasteiger partial charge in [-0.2, -0.15) is 0 Å². The van der Waals surface area contributed by atoms with Crippen LogP contribution in [0.2, 0.25) is 0 Å². The Kier molecular flexibility index (Phi) is 4.74. The molecule has 114 valence electrons. The Morgan fingerprint density at radius 3 is 2.50 bits per heavy atom. The predicted molar refractivity (Wildman–Crippen MR) is 90.2 cm³/mol. The Labute approximate surface area is 131 Å². The van der Waals surface area contributed by atoms with Gasteiger partial charge in [0.2, 0.25) is 0 Å². The predicted octanol–water partition coefficient (Wildman–Crippen LogP) is 3.62. The normalized spacial score (nSPS) is 13.6. The first-order valence-electron chi connectivity index (χ1n) is 8.00. The highest BCUT2D eigenvalue weighted by Crippen LogP contribution is 2.21. The molecule has 0 bridgehead atoms. The molecule has 0 spiro atoms. The molecule has 3 nitrogen and oxygen atoms in total. The largest absolute Gasteiger partial charge is 0.384 e. The summed E-state index contributed by atoms with van der Waals surface area (Å²) in [5.74, 6) is 0.0358. The van der Waals surface area contributed by atoms with Crippen LogP contribution in [0.25, 0.3) is 0 Å². The molecule has 1 aliphatic carbocycles. The molecule has 0 saturated heterocycles. The highest BCUT2D eigenvalue weighted by molar-refractivity contribution is 5.99. The van der Waals surface area contributed by atoms with E-state index in [1.807, 2.05) is 30.3 Å². The maximum Gasteiger partial charge on any atom is 0.253 e. The third kappa shape index (κ3) is 4.10. The molecule has 2 aromatic carbocycles. The summed E-state index contributed by atoms with van der Waals surface area (Å²) in [7, 11) is 0. The maximum absolute atomic E-state index is 12.2. The van der Waals surface area contributed by atoms with Crippen LogP contribution in [-0.2, 0) is 6.42 Å². The topological polar surface area (TPSA) is 41.1 Å². The van der Waals surface area contributed by atoms with E-state index in [1.165, 1.54) is 5.56 Å². The minimum atomic E-state index is 0.0358. The van der Waals surface area contributed by atoms with E-state index in [9.17, 15) is 4.79 Å². The van der Waals surface area contributed by atoms with Crippen LogP contribution in [-0.4, -0.2) is 18.5 Å². The molecular weight excluding hydrogens is 272 g/mol. The van der Waals surface area contributed by atoms with E-state index in [4.69, 9.17) is 0 Å². The van der Waals surface area contributed by atoms with Gasteiger partial charge in [0, 0.05) is 18.3 Å². The first kappa shape index (κ1) is 14.6. The van der Waals surface area contributed by atoms with Crippen molar-refractivity contribution in [2.24, 2.45) is 0 Å². The van der Waals surface area contributed by atoms with Gasteiger partial charge in [0.05, 0.1) is 5.56 Å². The number of hydrogen-bond donors (Lipinski definition) is 2. The minimum absolute atomic E-state index is 0.0358. The van der Waals surface area contributed by atoms with Crippen molar-refractivity contribution >= 4 is 11.6 Å². The summed E-state index contributed by atoms with van der Waals surface area (Å²) in [5.41, 5.74) is 3.02. The zero-order valence-corrected chi connectivity index (χ0v) is 12.7. The Hall–Kier alpha value is -2.29. The van der Waals surface area contributed by atoms with Crippen molar-refractivity contribution in [1.29, 1.82) is 0 Å². The molecule has 1 fully saturated rings. The smallest absolute Gasteiger partial charge is 0.253 e. The summed E-state index contributed by atoms with van der Waals surface area (Å²) in [6.45, 7) is 0.864. The van der Waals surface area contributed by atoms with Gasteiger partial charge in [-0.15, -0.1) is 0 Å². The fraction of sp³-hybridized carbons (Fsp3) is 0.316. The van der Waals surface area contributed by atoms with Gasteiger partial charge < -0.3 is 10.6 Å². The molecule has 0 unspecified atom stereocenters. The number of anilines is 1. The minimum Gasteiger partial charge on any atom is -0.384 e. The SMILES string of the molecule is O=C(NC1CC1)c1ccccc1NCCCc1ccccc1. The highest BCUT2D eigenvalue weighted by Gasteiger charge is 2.24. The molecule has 3 rings (SSSR count). The molecule has 0 atom stereocenters. The standard InChI is InChI=1S/C19H22N2O/c22-19(21-16-12-13-16)17-10-4-5-11-18(17)20-14-6-9-15-7-2-1-3-8-15/h1-5,7-8,10-11,16,20H,6,9,12-14H2,(H,21,22). The Balaban J connectivity index is 1.52. The van der Waals surface area contributed by atoms with E-state index >= 15 is 0 Å². The maximum atomic E-state index is 12.2. The Morgan fingerprint density at radius 2 is 1.73 bits per heavy atom. The van der Waals surface area contributed by atoms with Crippen LogP contribution in [0.15, 0.2) is 54.6 Å². The Morgan fingerprint density at radius 1 is 1.00 bits per heavy atom. The molecule has 1 saturated carbocycles. The summed E-state index contributed by atoms with van der Waals surface area (Å²) in [4.78, 5) is 12.2. The molecule has 0 aromatic heterocycles. The summed E-state index contributed by atoms with van der Waals surface area (Å²) in [5, 5.41) is 6.45. The molecule has 0 radical (unpaired) electrons. The molecule has 0 heterocycles. The van der Waals surface area contributed by atoms with Crippen LogP contribution >= 0.6 is 0 Å². The number of rotatable bonds is 7. The van der Waals surface area contributed by atoms with Gasteiger partial charge in [-0.05, 0) is 43.4 Å². The Bertz CT molecular complexity index is 620. The van der Waals surface area contributed by atoms with E-state index in [1.54, 1.807) is 0 Å². The van der Waals surface area contributed by atoms with Crippen molar-refractivity contribution in [2.75, 3.05) is 11.9 Å². The molecule has 1 aliphatic rings. The van der Waals surface area contributed by atoms with Crippen LogP contribution in [0.3, 0.4) is 0 Å². The van der Waals surface area contributed by atoms with Gasteiger partial charge in [0.1, 0.15) is 0 Å². The third-order valence-corrected chi connectivity index (χ3v) is 3.88. The molecule has 2 N–H and O–H groups in total. The number of amides is 1. The van der Waals surface area contributed by atoms with Crippen molar-refractivity contribution in [2.45, 2.75) is 31.7 Å². The molecule has 0 aliphatic heterocycles. The first-order valence-corrected chi connectivity index (χ1v) is 8.00. The number of aryl methyl sites for hydroxylation is 1.